The molecule has 0 atom stereocenters. The number of fused-ring (bicyclic) bond motifs is 2. The third kappa shape index (κ3) is 2.15. The number of hydrogen-bond acceptors (Lipinski definition) is 2. The fourth-order valence-corrected chi connectivity index (χ4v) is 4.49. The Labute approximate surface area is 153 Å². The number of ketones is 2. The lowest BCUT2D eigenvalue weighted by Crippen LogP contribution is -2.33. The van der Waals surface area contributed by atoms with E-state index in [2.05, 4.69) is 22.6 Å². The van der Waals surface area contributed by atoms with Crippen LogP contribution in [0.5, 0.6) is 0 Å². The average Bonchev–Trinajstić information content (AvgIpc) is 2.63. The van der Waals surface area contributed by atoms with E-state index in [1.165, 1.54) is 0 Å². The van der Waals surface area contributed by atoms with Gasteiger partial charge in [-0.2, -0.15) is 0 Å². The largest absolute Gasteiger partial charge is 0.290 e. The van der Waals surface area contributed by atoms with Gasteiger partial charge in [0.05, 0.1) is 8.99 Å². The monoisotopic (exact) mass is 424 g/mol. The van der Waals surface area contributed by atoms with Gasteiger partial charge in [-0.05, 0) is 51.4 Å². The summed E-state index contributed by atoms with van der Waals surface area (Å²) in [5.74, 6) is 0.00630. The minimum absolute atomic E-state index is 0.0302. The van der Waals surface area contributed by atoms with E-state index in [4.69, 9.17) is 0 Å². The van der Waals surface area contributed by atoms with Gasteiger partial charge >= 0.3 is 0 Å². The van der Waals surface area contributed by atoms with Crippen LogP contribution in [0.1, 0.15) is 21.5 Å². The van der Waals surface area contributed by atoms with E-state index in [0.29, 0.717) is 9.14 Å². The molecule has 0 saturated carbocycles. The first kappa shape index (κ1) is 15.3. The van der Waals surface area contributed by atoms with E-state index < -0.39 is 5.41 Å². The van der Waals surface area contributed by atoms with Gasteiger partial charge in [-0.1, -0.05) is 66.7 Å². The molecule has 4 rings (SSSR count). The Balaban J connectivity index is 2.09. The highest BCUT2D eigenvalue weighted by Crippen LogP contribution is 2.50. The number of benzene rings is 2. The van der Waals surface area contributed by atoms with Gasteiger partial charge in [-0.15, -0.1) is 0 Å². The zero-order valence-corrected chi connectivity index (χ0v) is 14.9. The molecule has 0 amide bonds. The summed E-state index contributed by atoms with van der Waals surface area (Å²) in [6.45, 7) is 0. The summed E-state index contributed by atoms with van der Waals surface area (Å²) in [6.07, 6.45) is 7.03. The number of carbonyl (C=O) groups excluding carboxylic acids is 2. The maximum Gasteiger partial charge on any atom is 0.199 e. The SMILES string of the molecule is O=C1C=CC2(C=C1)C(c1ccccc1)=C(I)C(=O)c1ccccc12. The van der Waals surface area contributed by atoms with Crippen LogP contribution >= 0.6 is 22.6 Å². The standard InChI is InChI=1S/C21H13IO2/c22-19-18(14-6-2-1-3-7-14)21(12-10-15(23)11-13-21)17-9-5-4-8-16(17)20(19)24/h1-13H. The van der Waals surface area contributed by atoms with E-state index in [0.717, 1.165) is 16.7 Å². The second-order valence-electron chi connectivity index (χ2n) is 5.87. The van der Waals surface area contributed by atoms with E-state index in [1.54, 1.807) is 12.2 Å². The maximum atomic E-state index is 12.9. The van der Waals surface area contributed by atoms with Crippen molar-refractivity contribution >= 4 is 39.7 Å². The summed E-state index contributed by atoms with van der Waals surface area (Å²) in [5.41, 5.74) is 2.97. The number of carbonyl (C=O) groups is 2. The summed E-state index contributed by atoms with van der Waals surface area (Å²) >= 11 is 2.14. The molecule has 2 aromatic carbocycles. The van der Waals surface area contributed by atoms with Crippen molar-refractivity contribution in [1.82, 2.24) is 0 Å². The number of Topliss-reactive ketones (excluding diaryl/α,β-unsaturated/α-hetero) is 1. The van der Waals surface area contributed by atoms with Crippen molar-refractivity contribution in [3.63, 3.8) is 0 Å². The molecule has 24 heavy (non-hydrogen) atoms. The van der Waals surface area contributed by atoms with Gasteiger partial charge in [0, 0.05) is 5.56 Å². The molecule has 2 nitrogen and oxygen atoms in total. The van der Waals surface area contributed by atoms with Crippen LogP contribution in [0, 0.1) is 0 Å². The molecule has 0 bridgehead atoms. The molecule has 0 N–H and O–H groups in total. The lowest BCUT2D eigenvalue weighted by molar-refractivity contribution is -0.110. The molecule has 0 heterocycles. The van der Waals surface area contributed by atoms with Crippen LogP contribution < -0.4 is 0 Å². The topological polar surface area (TPSA) is 34.1 Å². The molecule has 1 spiro atoms. The third-order valence-electron chi connectivity index (χ3n) is 4.53. The highest BCUT2D eigenvalue weighted by Gasteiger charge is 2.43. The predicted molar refractivity (Wildman–Crippen MR) is 103 cm³/mol. The van der Waals surface area contributed by atoms with Gasteiger partial charge < -0.3 is 0 Å². The van der Waals surface area contributed by atoms with Crippen molar-refractivity contribution in [2.45, 2.75) is 5.41 Å². The predicted octanol–water partition coefficient (Wildman–Crippen LogP) is 4.66. The van der Waals surface area contributed by atoms with Crippen molar-refractivity contribution in [3.8, 4) is 0 Å². The normalized spacial score (nSPS) is 18.2. The molecule has 3 heteroatoms. The summed E-state index contributed by atoms with van der Waals surface area (Å²) < 4.78 is 0.696. The molecular weight excluding hydrogens is 411 g/mol. The highest BCUT2D eigenvalue weighted by atomic mass is 127. The molecule has 2 aliphatic rings. The number of rotatable bonds is 1. The minimum Gasteiger partial charge on any atom is -0.290 e. The van der Waals surface area contributed by atoms with Crippen molar-refractivity contribution in [3.05, 3.63) is 99.2 Å². The molecule has 2 aromatic rings. The molecule has 0 radical (unpaired) electrons. The van der Waals surface area contributed by atoms with Crippen molar-refractivity contribution < 1.29 is 9.59 Å². The van der Waals surface area contributed by atoms with Gasteiger partial charge in [0.15, 0.2) is 11.6 Å². The summed E-state index contributed by atoms with van der Waals surface area (Å²) in [5, 5.41) is 0. The fraction of sp³-hybridized carbons (Fsp3) is 0.0476. The van der Waals surface area contributed by atoms with Gasteiger partial charge in [-0.25, -0.2) is 0 Å². The van der Waals surface area contributed by atoms with Crippen LogP contribution in [0.2, 0.25) is 0 Å². The molecule has 116 valence electrons. The van der Waals surface area contributed by atoms with Crippen LogP contribution in [0.25, 0.3) is 5.57 Å². The molecule has 0 unspecified atom stereocenters. The van der Waals surface area contributed by atoms with E-state index in [-0.39, 0.29) is 11.6 Å². The van der Waals surface area contributed by atoms with E-state index in [1.807, 2.05) is 66.7 Å². The van der Waals surface area contributed by atoms with E-state index >= 15 is 0 Å². The Kier molecular flexibility index (Phi) is 3.61. The Morgan fingerprint density at radius 1 is 0.792 bits per heavy atom. The minimum atomic E-state index is -0.587. The van der Waals surface area contributed by atoms with Gasteiger partial charge in [0.2, 0.25) is 0 Å². The Hall–Kier alpha value is -2.27. The molecule has 0 aromatic heterocycles. The lowest BCUT2D eigenvalue weighted by Gasteiger charge is -2.38. The lowest BCUT2D eigenvalue weighted by atomic mass is 9.65. The van der Waals surface area contributed by atoms with E-state index in [9.17, 15) is 9.59 Å². The second kappa shape index (κ2) is 5.67. The number of halogens is 1. The van der Waals surface area contributed by atoms with Gasteiger partial charge in [-0.3, -0.25) is 9.59 Å². The smallest absolute Gasteiger partial charge is 0.199 e. The molecular formula is C21H13IO2. The zero-order valence-electron chi connectivity index (χ0n) is 12.7. The van der Waals surface area contributed by atoms with Crippen molar-refractivity contribution in [1.29, 1.82) is 0 Å². The first-order chi connectivity index (χ1) is 11.6. The van der Waals surface area contributed by atoms with Crippen LogP contribution in [0.4, 0.5) is 0 Å². The average molecular weight is 424 g/mol. The van der Waals surface area contributed by atoms with Crippen LogP contribution in [0.15, 0.2) is 82.5 Å². The summed E-state index contributed by atoms with van der Waals surface area (Å²) in [4.78, 5) is 24.6. The first-order valence-corrected chi connectivity index (χ1v) is 8.74. The Bertz CT molecular complexity index is 933. The number of allylic oxidation sites excluding steroid dienone is 6. The summed E-state index contributed by atoms with van der Waals surface area (Å²) in [7, 11) is 0. The fourth-order valence-electron chi connectivity index (χ4n) is 3.44. The van der Waals surface area contributed by atoms with Crippen LogP contribution in [-0.4, -0.2) is 11.6 Å². The molecule has 0 aliphatic heterocycles. The zero-order chi connectivity index (χ0) is 16.7. The van der Waals surface area contributed by atoms with Gasteiger partial charge in [0.25, 0.3) is 0 Å². The maximum absolute atomic E-state index is 12.9. The van der Waals surface area contributed by atoms with Crippen LogP contribution in [0.3, 0.4) is 0 Å². The highest BCUT2D eigenvalue weighted by molar-refractivity contribution is 14.1. The number of hydrogen-bond donors (Lipinski definition) is 0. The second-order valence-corrected chi connectivity index (χ2v) is 6.95. The van der Waals surface area contributed by atoms with Crippen molar-refractivity contribution in [2.75, 3.05) is 0 Å². The Morgan fingerprint density at radius 2 is 1.42 bits per heavy atom. The summed E-state index contributed by atoms with van der Waals surface area (Å²) in [6, 6.07) is 17.6. The van der Waals surface area contributed by atoms with Crippen LogP contribution in [-0.2, 0) is 10.2 Å². The molecule has 0 saturated heterocycles. The molecule has 0 fully saturated rings. The quantitative estimate of drug-likeness (QED) is 0.624. The van der Waals surface area contributed by atoms with Gasteiger partial charge in [0.1, 0.15) is 0 Å². The first-order valence-electron chi connectivity index (χ1n) is 7.66. The Morgan fingerprint density at radius 3 is 2.12 bits per heavy atom. The molecule has 2 aliphatic carbocycles. The van der Waals surface area contributed by atoms with Crippen molar-refractivity contribution in [2.24, 2.45) is 0 Å². The third-order valence-corrected chi connectivity index (χ3v) is 5.56.